The summed E-state index contributed by atoms with van der Waals surface area (Å²) < 4.78 is 1.77. The highest BCUT2D eigenvalue weighted by Crippen LogP contribution is 2.10. The van der Waals surface area contributed by atoms with Crippen LogP contribution in [0.5, 0.6) is 0 Å². The molecule has 2 heterocycles. The van der Waals surface area contributed by atoms with Crippen LogP contribution < -0.4 is 5.32 Å². The maximum Gasteiger partial charge on any atom is 0.170 e. The average Bonchev–Trinajstić information content (AvgIpc) is 3.17. The highest BCUT2D eigenvalue weighted by atomic mass is 32.1. The van der Waals surface area contributed by atoms with E-state index in [0.717, 1.165) is 17.9 Å². The van der Waals surface area contributed by atoms with Gasteiger partial charge in [0.1, 0.15) is 0 Å². The molecule has 1 N–H and O–H groups in total. The third-order valence-corrected chi connectivity index (χ3v) is 4.00. The Labute approximate surface area is 127 Å². The Balaban J connectivity index is 1.62. The summed E-state index contributed by atoms with van der Waals surface area (Å²) in [7, 11) is 0. The van der Waals surface area contributed by atoms with Crippen molar-refractivity contribution in [1.82, 2.24) is 25.5 Å². The SMILES string of the molecule is CC(Cc1ccsc1)NCc1nnnn1-c1ccccc1. The quantitative estimate of drug-likeness (QED) is 0.759. The van der Waals surface area contributed by atoms with Crippen molar-refractivity contribution in [3.05, 3.63) is 58.5 Å². The van der Waals surface area contributed by atoms with E-state index in [0.29, 0.717) is 12.6 Å². The molecule has 0 aliphatic heterocycles. The highest BCUT2D eigenvalue weighted by molar-refractivity contribution is 7.07. The van der Waals surface area contributed by atoms with Gasteiger partial charge in [0.05, 0.1) is 12.2 Å². The third kappa shape index (κ3) is 3.53. The van der Waals surface area contributed by atoms with E-state index < -0.39 is 0 Å². The molecule has 5 nitrogen and oxygen atoms in total. The van der Waals surface area contributed by atoms with Crippen molar-refractivity contribution in [3.63, 3.8) is 0 Å². The fraction of sp³-hybridized carbons (Fsp3) is 0.267. The summed E-state index contributed by atoms with van der Waals surface area (Å²) in [5.41, 5.74) is 2.34. The van der Waals surface area contributed by atoms with Crippen molar-refractivity contribution in [2.45, 2.75) is 25.9 Å². The Morgan fingerprint density at radius 1 is 1.24 bits per heavy atom. The number of nitrogens with zero attached hydrogens (tertiary/aromatic N) is 4. The largest absolute Gasteiger partial charge is 0.307 e. The first kappa shape index (κ1) is 13.9. The van der Waals surface area contributed by atoms with E-state index in [1.807, 2.05) is 30.3 Å². The van der Waals surface area contributed by atoms with Gasteiger partial charge < -0.3 is 5.32 Å². The normalized spacial score (nSPS) is 12.4. The van der Waals surface area contributed by atoms with E-state index in [1.54, 1.807) is 16.0 Å². The molecule has 0 saturated carbocycles. The van der Waals surface area contributed by atoms with Crippen molar-refractivity contribution in [1.29, 1.82) is 0 Å². The molecule has 0 fully saturated rings. The number of hydrogen-bond donors (Lipinski definition) is 1. The van der Waals surface area contributed by atoms with Crippen LogP contribution in [0.3, 0.4) is 0 Å². The monoisotopic (exact) mass is 299 g/mol. The van der Waals surface area contributed by atoms with Crippen molar-refractivity contribution in [3.8, 4) is 5.69 Å². The number of para-hydroxylation sites is 1. The smallest absolute Gasteiger partial charge is 0.170 e. The molecular weight excluding hydrogens is 282 g/mol. The number of nitrogens with one attached hydrogen (secondary N) is 1. The second-order valence-corrected chi connectivity index (χ2v) is 5.74. The van der Waals surface area contributed by atoms with Gasteiger partial charge in [-0.1, -0.05) is 18.2 Å². The molecule has 0 aliphatic carbocycles. The van der Waals surface area contributed by atoms with Crippen LogP contribution in [0.4, 0.5) is 0 Å². The van der Waals surface area contributed by atoms with Crippen LogP contribution in [-0.2, 0) is 13.0 Å². The number of aromatic nitrogens is 4. The van der Waals surface area contributed by atoms with Crippen LogP contribution in [0.15, 0.2) is 47.2 Å². The first-order valence-electron chi connectivity index (χ1n) is 6.90. The Morgan fingerprint density at radius 3 is 2.86 bits per heavy atom. The highest BCUT2D eigenvalue weighted by Gasteiger charge is 2.10. The number of benzene rings is 1. The Kier molecular flexibility index (Phi) is 4.37. The average molecular weight is 299 g/mol. The molecule has 0 bridgehead atoms. The van der Waals surface area contributed by atoms with E-state index in [-0.39, 0.29) is 0 Å². The van der Waals surface area contributed by atoms with Crippen LogP contribution in [0.25, 0.3) is 5.69 Å². The first-order chi connectivity index (χ1) is 10.3. The van der Waals surface area contributed by atoms with Crippen molar-refractivity contribution >= 4 is 11.3 Å². The van der Waals surface area contributed by atoms with Gasteiger partial charge >= 0.3 is 0 Å². The number of rotatable bonds is 6. The molecule has 6 heteroatoms. The van der Waals surface area contributed by atoms with Gasteiger partial charge in [-0.15, -0.1) is 5.10 Å². The molecule has 3 rings (SSSR count). The van der Waals surface area contributed by atoms with Gasteiger partial charge in [-0.3, -0.25) is 0 Å². The van der Waals surface area contributed by atoms with Crippen molar-refractivity contribution in [2.24, 2.45) is 0 Å². The molecule has 3 aromatic rings. The van der Waals surface area contributed by atoms with E-state index >= 15 is 0 Å². The lowest BCUT2D eigenvalue weighted by Gasteiger charge is -2.12. The predicted molar refractivity (Wildman–Crippen MR) is 83.5 cm³/mol. The summed E-state index contributed by atoms with van der Waals surface area (Å²) in [6, 6.07) is 12.5. The molecule has 0 saturated heterocycles. The van der Waals surface area contributed by atoms with E-state index in [2.05, 4.69) is 44.6 Å². The maximum absolute atomic E-state index is 4.10. The molecule has 1 atom stereocenters. The lowest BCUT2D eigenvalue weighted by Crippen LogP contribution is -2.28. The Bertz CT molecular complexity index is 662. The Morgan fingerprint density at radius 2 is 2.10 bits per heavy atom. The van der Waals surface area contributed by atoms with Gasteiger partial charge in [-0.25, -0.2) is 0 Å². The van der Waals surface area contributed by atoms with Crippen LogP contribution in [0.2, 0.25) is 0 Å². The first-order valence-corrected chi connectivity index (χ1v) is 7.84. The summed E-state index contributed by atoms with van der Waals surface area (Å²) in [4.78, 5) is 0. The van der Waals surface area contributed by atoms with Crippen molar-refractivity contribution in [2.75, 3.05) is 0 Å². The maximum atomic E-state index is 4.10. The minimum atomic E-state index is 0.375. The lowest BCUT2D eigenvalue weighted by molar-refractivity contribution is 0.527. The van der Waals surface area contributed by atoms with Gasteiger partial charge in [-0.2, -0.15) is 16.0 Å². The minimum absolute atomic E-state index is 0.375. The molecule has 0 amide bonds. The summed E-state index contributed by atoms with van der Waals surface area (Å²) in [5.74, 6) is 0.818. The van der Waals surface area contributed by atoms with Gasteiger partial charge in [0, 0.05) is 6.04 Å². The molecule has 21 heavy (non-hydrogen) atoms. The zero-order valence-electron chi connectivity index (χ0n) is 11.8. The molecule has 0 radical (unpaired) electrons. The molecular formula is C15H17N5S. The fourth-order valence-electron chi connectivity index (χ4n) is 2.19. The lowest BCUT2D eigenvalue weighted by atomic mass is 10.1. The van der Waals surface area contributed by atoms with E-state index in [4.69, 9.17) is 0 Å². The van der Waals surface area contributed by atoms with Crippen LogP contribution in [0, 0.1) is 0 Å². The van der Waals surface area contributed by atoms with Gasteiger partial charge in [-0.05, 0) is 58.3 Å². The van der Waals surface area contributed by atoms with Crippen LogP contribution >= 0.6 is 11.3 Å². The predicted octanol–water partition coefficient (Wildman–Crippen LogP) is 2.44. The van der Waals surface area contributed by atoms with E-state index in [9.17, 15) is 0 Å². The molecule has 2 aromatic heterocycles. The summed E-state index contributed by atoms with van der Waals surface area (Å²) in [6.07, 6.45) is 1.01. The number of tetrazole rings is 1. The summed E-state index contributed by atoms with van der Waals surface area (Å²) in [6.45, 7) is 2.82. The van der Waals surface area contributed by atoms with E-state index in [1.165, 1.54) is 5.56 Å². The molecule has 1 unspecified atom stereocenters. The van der Waals surface area contributed by atoms with Crippen LogP contribution in [0.1, 0.15) is 18.3 Å². The summed E-state index contributed by atoms with van der Waals surface area (Å²) in [5, 5.41) is 19.7. The second kappa shape index (κ2) is 6.60. The minimum Gasteiger partial charge on any atom is -0.307 e. The molecule has 0 spiro atoms. The number of hydrogen-bond acceptors (Lipinski definition) is 5. The third-order valence-electron chi connectivity index (χ3n) is 3.27. The Hall–Kier alpha value is -2.05. The van der Waals surface area contributed by atoms with Crippen LogP contribution in [-0.4, -0.2) is 26.2 Å². The molecule has 0 aliphatic rings. The van der Waals surface area contributed by atoms with Gasteiger partial charge in [0.25, 0.3) is 0 Å². The molecule has 1 aromatic carbocycles. The molecule has 108 valence electrons. The zero-order chi connectivity index (χ0) is 14.5. The summed E-state index contributed by atoms with van der Waals surface area (Å²) >= 11 is 1.73. The standard InChI is InChI=1S/C15H17N5S/c1-12(9-13-7-8-21-11-13)16-10-15-17-18-19-20(15)14-5-3-2-4-6-14/h2-8,11-12,16H,9-10H2,1H3. The zero-order valence-corrected chi connectivity index (χ0v) is 12.6. The number of thiophene rings is 1. The van der Waals surface area contributed by atoms with Gasteiger partial charge in [0.15, 0.2) is 5.82 Å². The topological polar surface area (TPSA) is 55.6 Å². The second-order valence-electron chi connectivity index (χ2n) is 4.96. The van der Waals surface area contributed by atoms with Crippen molar-refractivity contribution < 1.29 is 0 Å². The fourth-order valence-corrected chi connectivity index (χ4v) is 2.87. The van der Waals surface area contributed by atoms with Gasteiger partial charge in [0.2, 0.25) is 0 Å².